The lowest BCUT2D eigenvalue weighted by atomic mass is 9.77. The van der Waals surface area contributed by atoms with Gasteiger partial charge in [-0.1, -0.05) is 109 Å². The molecule has 172 valence electrons. The second-order valence-electron chi connectivity index (χ2n) is 8.19. The van der Waals surface area contributed by atoms with E-state index in [1.165, 1.54) is 4.80 Å². The first kappa shape index (κ1) is 22.3. The highest BCUT2D eigenvalue weighted by atomic mass is 16.2. The van der Waals surface area contributed by atoms with Crippen LogP contribution < -0.4 is 10.9 Å². The molecule has 0 unspecified atom stereocenters. The molecule has 1 heterocycles. The molecule has 0 radical (unpaired) electrons. The minimum absolute atomic E-state index is 0.254. The van der Waals surface area contributed by atoms with Crippen molar-refractivity contribution in [2.45, 2.75) is 12.5 Å². The van der Waals surface area contributed by atoms with Crippen LogP contribution in [0.3, 0.4) is 0 Å². The van der Waals surface area contributed by atoms with Gasteiger partial charge in [0.1, 0.15) is 5.54 Å². The number of hydrogen-bond donors (Lipinski definition) is 2. The Morgan fingerprint density at radius 2 is 1.09 bits per heavy atom. The Morgan fingerprint density at radius 1 is 0.657 bits per heavy atom. The summed E-state index contributed by atoms with van der Waals surface area (Å²) in [5.74, 6) is -0.364. The van der Waals surface area contributed by atoms with E-state index in [4.69, 9.17) is 0 Å². The zero-order chi connectivity index (χ0) is 24.1. The van der Waals surface area contributed by atoms with Crippen LogP contribution in [0, 0.1) is 6.92 Å². The van der Waals surface area contributed by atoms with Gasteiger partial charge in [0, 0.05) is 0 Å². The Hall–Kier alpha value is -4.55. The third kappa shape index (κ3) is 4.35. The molecule has 0 atom stereocenters. The molecule has 6 nitrogen and oxygen atoms in total. The number of benzene rings is 4. The first-order valence-electron chi connectivity index (χ1n) is 11.4. The van der Waals surface area contributed by atoms with E-state index in [0.29, 0.717) is 5.69 Å². The summed E-state index contributed by atoms with van der Waals surface area (Å²) in [6.45, 7) is 1.78. The van der Waals surface area contributed by atoms with Crippen molar-refractivity contribution in [3.8, 4) is 5.69 Å². The van der Waals surface area contributed by atoms with Gasteiger partial charge in [0.2, 0.25) is 0 Å². The van der Waals surface area contributed by atoms with E-state index in [0.717, 1.165) is 22.4 Å². The smallest absolute Gasteiger partial charge is 0.284 e. The maximum absolute atomic E-state index is 13.4. The summed E-state index contributed by atoms with van der Waals surface area (Å²) < 4.78 is 0. The first-order chi connectivity index (χ1) is 17.2. The Balaban J connectivity index is 1.54. The molecule has 5 aromatic rings. The van der Waals surface area contributed by atoms with Gasteiger partial charge in [-0.15, -0.1) is 5.10 Å². The van der Waals surface area contributed by atoms with E-state index in [2.05, 4.69) is 57.4 Å². The average Bonchev–Trinajstić information content (AvgIpc) is 3.33. The van der Waals surface area contributed by atoms with E-state index in [1.807, 2.05) is 84.9 Å². The minimum Gasteiger partial charge on any atom is -0.284 e. The number of amides is 1. The van der Waals surface area contributed by atoms with Crippen molar-refractivity contribution in [1.82, 2.24) is 25.8 Å². The van der Waals surface area contributed by atoms with E-state index < -0.39 is 5.54 Å². The molecule has 0 aliphatic carbocycles. The van der Waals surface area contributed by atoms with Gasteiger partial charge in [-0.3, -0.25) is 10.2 Å². The summed E-state index contributed by atoms with van der Waals surface area (Å²) in [7, 11) is 0. The van der Waals surface area contributed by atoms with Crippen molar-refractivity contribution in [2.24, 2.45) is 0 Å². The van der Waals surface area contributed by atoms with Gasteiger partial charge in [-0.2, -0.15) is 9.90 Å². The van der Waals surface area contributed by atoms with Crippen LogP contribution in [0.2, 0.25) is 0 Å². The molecule has 0 bridgehead atoms. The Bertz CT molecular complexity index is 1300. The van der Waals surface area contributed by atoms with Crippen LogP contribution in [0.1, 0.15) is 32.9 Å². The van der Waals surface area contributed by atoms with Gasteiger partial charge in [-0.25, -0.2) is 5.43 Å². The number of para-hydroxylation sites is 1. The lowest BCUT2D eigenvalue weighted by molar-refractivity contribution is 0.0912. The van der Waals surface area contributed by atoms with E-state index in [1.54, 1.807) is 6.92 Å². The number of carbonyl (C=O) groups is 1. The fourth-order valence-electron chi connectivity index (χ4n) is 4.26. The number of nitrogens with one attached hydrogen (secondary N) is 2. The molecule has 1 aromatic heterocycles. The topological polar surface area (TPSA) is 71.8 Å². The van der Waals surface area contributed by atoms with Gasteiger partial charge in [0.25, 0.3) is 5.91 Å². The summed E-state index contributed by atoms with van der Waals surface area (Å²) in [5, 5.41) is 8.89. The molecule has 5 rings (SSSR count). The number of aromatic nitrogens is 3. The molecular weight excluding hydrogens is 434 g/mol. The molecule has 4 aromatic carbocycles. The summed E-state index contributed by atoms with van der Waals surface area (Å²) in [6, 6.07) is 39.7. The van der Waals surface area contributed by atoms with E-state index >= 15 is 0 Å². The molecule has 2 N–H and O–H groups in total. The normalized spacial score (nSPS) is 11.2. The van der Waals surface area contributed by atoms with Gasteiger partial charge in [0.05, 0.1) is 11.4 Å². The van der Waals surface area contributed by atoms with Crippen LogP contribution >= 0.6 is 0 Å². The van der Waals surface area contributed by atoms with E-state index in [9.17, 15) is 4.79 Å². The molecule has 0 saturated carbocycles. The molecule has 6 heteroatoms. The number of hydrazine groups is 1. The molecule has 35 heavy (non-hydrogen) atoms. The highest BCUT2D eigenvalue weighted by Crippen LogP contribution is 2.36. The number of hydrogen-bond acceptors (Lipinski definition) is 4. The number of nitrogens with zero attached hydrogens (tertiary/aromatic N) is 3. The Labute approximate surface area is 204 Å². The molecule has 0 spiro atoms. The summed E-state index contributed by atoms with van der Waals surface area (Å²) in [4.78, 5) is 14.8. The van der Waals surface area contributed by atoms with Crippen LogP contribution in [-0.4, -0.2) is 20.9 Å². The van der Waals surface area contributed by atoms with Crippen molar-refractivity contribution >= 4 is 5.91 Å². The molecule has 0 saturated heterocycles. The quantitative estimate of drug-likeness (QED) is 0.271. The molecule has 0 fully saturated rings. The van der Waals surface area contributed by atoms with Crippen molar-refractivity contribution in [2.75, 3.05) is 0 Å². The van der Waals surface area contributed by atoms with Gasteiger partial charge in [0.15, 0.2) is 5.69 Å². The van der Waals surface area contributed by atoms with Gasteiger partial charge >= 0.3 is 0 Å². The predicted molar refractivity (Wildman–Crippen MR) is 136 cm³/mol. The second-order valence-corrected chi connectivity index (χ2v) is 8.19. The Morgan fingerprint density at radius 3 is 1.54 bits per heavy atom. The number of carbonyl (C=O) groups excluding carboxylic acids is 1. The molecule has 1 amide bonds. The van der Waals surface area contributed by atoms with Crippen LogP contribution in [-0.2, 0) is 5.54 Å². The fourth-order valence-corrected chi connectivity index (χ4v) is 4.26. The number of aryl methyl sites for hydroxylation is 1. The molecule has 0 aliphatic heterocycles. The van der Waals surface area contributed by atoms with E-state index in [-0.39, 0.29) is 11.6 Å². The largest absolute Gasteiger partial charge is 0.287 e. The standard InChI is InChI=1S/C29H25N5O/c1-22-27(32-34(31-22)26-20-12-5-13-21-26)28(35)30-33-29(23-14-6-2-7-15-23,24-16-8-3-9-17-24)25-18-10-4-11-19-25/h2-21,33H,1H3,(H,30,35). The highest BCUT2D eigenvalue weighted by molar-refractivity contribution is 5.93. The predicted octanol–water partition coefficient (Wildman–Crippen LogP) is 4.80. The zero-order valence-corrected chi connectivity index (χ0v) is 19.3. The van der Waals surface area contributed by atoms with Gasteiger partial charge in [-0.05, 0) is 35.7 Å². The van der Waals surface area contributed by atoms with Crippen molar-refractivity contribution in [3.05, 3.63) is 149 Å². The van der Waals surface area contributed by atoms with Crippen LogP contribution in [0.25, 0.3) is 5.69 Å². The molecule has 0 aliphatic rings. The monoisotopic (exact) mass is 459 g/mol. The van der Waals surface area contributed by atoms with Crippen LogP contribution in [0.15, 0.2) is 121 Å². The number of rotatable bonds is 7. The van der Waals surface area contributed by atoms with Gasteiger partial charge < -0.3 is 0 Å². The summed E-state index contributed by atoms with van der Waals surface area (Å²) in [5.41, 5.74) is 10.0. The third-order valence-corrected chi connectivity index (χ3v) is 5.97. The molecular formula is C29H25N5O. The minimum atomic E-state index is -0.831. The average molecular weight is 460 g/mol. The maximum Gasteiger partial charge on any atom is 0.287 e. The van der Waals surface area contributed by atoms with Crippen molar-refractivity contribution in [3.63, 3.8) is 0 Å². The third-order valence-electron chi connectivity index (χ3n) is 5.97. The summed E-state index contributed by atoms with van der Waals surface area (Å²) in [6.07, 6.45) is 0. The maximum atomic E-state index is 13.4. The van der Waals surface area contributed by atoms with Crippen LogP contribution in [0.4, 0.5) is 0 Å². The van der Waals surface area contributed by atoms with Crippen molar-refractivity contribution in [1.29, 1.82) is 0 Å². The second kappa shape index (κ2) is 9.75. The fraction of sp³-hybridized carbons (Fsp3) is 0.0690. The zero-order valence-electron chi connectivity index (χ0n) is 19.3. The lowest BCUT2D eigenvalue weighted by Crippen LogP contribution is -2.53. The highest BCUT2D eigenvalue weighted by Gasteiger charge is 2.37. The van der Waals surface area contributed by atoms with Crippen LogP contribution in [0.5, 0.6) is 0 Å². The first-order valence-corrected chi connectivity index (χ1v) is 11.4. The Kier molecular flexibility index (Phi) is 6.20. The lowest BCUT2D eigenvalue weighted by Gasteiger charge is -2.36. The summed E-state index contributed by atoms with van der Waals surface area (Å²) >= 11 is 0. The SMILES string of the molecule is Cc1nn(-c2ccccc2)nc1C(=O)NNC(c1ccccc1)(c1ccccc1)c1ccccc1. The van der Waals surface area contributed by atoms with Crippen molar-refractivity contribution < 1.29 is 4.79 Å².